The van der Waals surface area contributed by atoms with Gasteiger partial charge < -0.3 is 25.4 Å². The summed E-state index contributed by atoms with van der Waals surface area (Å²) >= 11 is 1.32. The third-order valence-electron chi connectivity index (χ3n) is 6.75. The summed E-state index contributed by atoms with van der Waals surface area (Å²) in [6.45, 7) is 0. The number of ether oxygens (including phenoxy) is 2. The fourth-order valence-electron chi connectivity index (χ4n) is 4.56. The molecule has 0 bridgehead atoms. The van der Waals surface area contributed by atoms with Crippen LogP contribution in [0.25, 0.3) is 16.8 Å². The van der Waals surface area contributed by atoms with Crippen LogP contribution in [0.1, 0.15) is 15.9 Å². The molecular formula is C36H31N3O5S. The van der Waals surface area contributed by atoms with E-state index in [1.165, 1.54) is 11.8 Å². The molecule has 0 saturated carbocycles. The van der Waals surface area contributed by atoms with E-state index in [1.807, 2.05) is 54.6 Å². The number of benzene rings is 5. The van der Waals surface area contributed by atoms with Crippen molar-refractivity contribution in [1.82, 2.24) is 5.32 Å². The van der Waals surface area contributed by atoms with Crippen LogP contribution in [0.15, 0.2) is 126 Å². The molecule has 3 amide bonds. The van der Waals surface area contributed by atoms with Gasteiger partial charge in [0.2, 0.25) is 5.91 Å². The third-order valence-corrected chi connectivity index (χ3v) is 7.74. The second kappa shape index (κ2) is 14.8. The highest BCUT2D eigenvalue weighted by atomic mass is 32.2. The Bertz CT molecular complexity index is 1850. The van der Waals surface area contributed by atoms with Crippen LogP contribution < -0.4 is 25.4 Å². The predicted molar refractivity (Wildman–Crippen MR) is 180 cm³/mol. The van der Waals surface area contributed by atoms with E-state index in [9.17, 15) is 14.4 Å². The first kappa shape index (κ1) is 30.9. The topological polar surface area (TPSA) is 106 Å². The Kier molecular flexibility index (Phi) is 10.1. The minimum atomic E-state index is -0.487. The highest BCUT2D eigenvalue weighted by Gasteiger charge is 2.16. The molecule has 9 heteroatoms. The molecule has 226 valence electrons. The van der Waals surface area contributed by atoms with E-state index in [-0.39, 0.29) is 17.4 Å². The molecule has 3 N–H and O–H groups in total. The van der Waals surface area contributed by atoms with Crippen molar-refractivity contribution in [3.8, 4) is 11.5 Å². The fraction of sp³-hybridized carbons (Fsp3) is 0.0833. The van der Waals surface area contributed by atoms with Crippen LogP contribution in [-0.4, -0.2) is 37.7 Å². The van der Waals surface area contributed by atoms with Crippen LogP contribution in [0.4, 0.5) is 11.4 Å². The summed E-state index contributed by atoms with van der Waals surface area (Å²) in [6, 6.07) is 34.7. The van der Waals surface area contributed by atoms with Gasteiger partial charge in [0, 0.05) is 40.0 Å². The van der Waals surface area contributed by atoms with E-state index in [4.69, 9.17) is 9.47 Å². The van der Waals surface area contributed by atoms with E-state index >= 15 is 0 Å². The van der Waals surface area contributed by atoms with Crippen molar-refractivity contribution in [3.05, 3.63) is 132 Å². The molecule has 8 nitrogen and oxygen atoms in total. The Hall–Kier alpha value is -5.54. The second-order valence-corrected chi connectivity index (χ2v) is 10.9. The van der Waals surface area contributed by atoms with Crippen molar-refractivity contribution in [2.24, 2.45) is 0 Å². The molecule has 0 radical (unpaired) electrons. The first-order chi connectivity index (χ1) is 21.9. The zero-order valence-electron chi connectivity index (χ0n) is 24.7. The normalized spacial score (nSPS) is 11.0. The van der Waals surface area contributed by atoms with Gasteiger partial charge >= 0.3 is 0 Å². The number of carbonyl (C=O) groups excluding carboxylic acids is 3. The lowest BCUT2D eigenvalue weighted by Crippen LogP contribution is -2.30. The zero-order valence-corrected chi connectivity index (χ0v) is 25.5. The fourth-order valence-corrected chi connectivity index (χ4v) is 5.32. The number of amides is 3. The molecule has 0 unspecified atom stereocenters. The van der Waals surface area contributed by atoms with Crippen LogP contribution in [0.2, 0.25) is 0 Å². The maximum Gasteiger partial charge on any atom is 0.272 e. The van der Waals surface area contributed by atoms with Gasteiger partial charge in [0.05, 0.1) is 20.0 Å². The number of thioether (sulfide) groups is 1. The van der Waals surface area contributed by atoms with Gasteiger partial charge in [-0.3, -0.25) is 14.4 Å². The summed E-state index contributed by atoms with van der Waals surface area (Å²) in [7, 11) is 3.09. The molecule has 45 heavy (non-hydrogen) atoms. The van der Waals surface area contributed by atoms with Crippen molar-refractivity contribution in [3.63, 3.8) is 0 Å². The summed E-state index contributed by atoms with van der Waals surface area (Å²) in [5, 5.41) is 10.5. The monoisotopic (exact) mass is 617 g/mol. The van der Waals surface area contributed by atoms with Gasteiger partial charge in [0.15, 0.2) is 0 Å². The maximum atomic E-state index is 13.6. The number of fused-ring (bicyclic) bond motifs is 1. The van der Waals surface area contributed by atoms with E-state index < -0.39 is 11.8 Å². The second-order valence-electron chi connectivity index (χ2n) is 9.87. The van der Waals surface area contributed by atoms with Crippen molar-refractivity contribution in [2.75, 3.05) is 30.6 Å². The molecule has 0 spiro atoms. The van der Waals surface area contributed by atoms with Crippen LogP contribution in [-0.2, 0) is 9.59 Å². The predicted octanol–water partition coefficient (Wildman–Crippen LogP) is 7.00. The van der Waals surface area contributed by atoms with Crippen LogP contribution in [0, 0.1) is 0 Å². The first-order valence-electron chi connectivity index (χ1n) is 14.0. The molecule has 5 aromatic carbocycles. The number of carbonyl (C=O) groups is 3. The van der Waals surface area contributed by atoms with E-state index in [0.717, 1.165) is 21.2 Å². The number of anilines is 2. The molecule has 5 rings (SSSR count). The average Bonchev–Trinajstić information content (AvgIpc) is 3.07. The summed E-state index contributed by atoms with van der Waals surface area (Å²) in [4.78, 5) is 40.2. The number of methoxy groups -OCH3 is 2. The zero-order chi connectivity index (χ0) is 31.6. The quantitative estimate of drug-likeness (QED) is 0.109. The van der Waals surface area contributed by atoms with Crippen LogP contribution in [0.3, 0.4) is 0 Å². The Balaban J connectivity index is 1.31. The van der Waals surface area contributed by atoms with E-state index in [2.05, 4.69) is 16.0 Å². The van der Waals surface area contributed by atoms with Gasteiger partial charge in [0.25, 0.3) is 11.8 Å². The molecule has 0 aliphatic rings. The molecule has 0 atom stereocenters. The van der Waals surface area contributed by atoms with Crippen molar-refractivity contribution >= 4 is 57.7 Å². The van der Waals surface area contributed by atoms with Crippen molar-refractivity contribution < 1.29 is 23.9 Å². The SMILES string of the molecule is COc1cc(NC(=O)CSc2cccc(NC(=O)/C(=C\c3cccc4ccccc34)NC(=O)c3ccccc3)c2)cc(OC)c1. The Morgan fingerprint density at radius 3 is 2.16 bits per heavy atom. The first-order valence-corrected chi connectivity index (χ1v) is 15.0. The van der Waals surface area contributed by atoms with E-state index in [1.54, 1.807) is 81.0 Å². The number of nitrogens with one attached hydrogen (secondary N) is 3. The lowest BCUT2D eigenvalue weighted by Gasteiger charge is -2.13. The summed E-state index contributed by atoms with van der Waals surface area (Å²) in [5.41, 5.74) is 2.38. The minimum Gasteiger partial charge on any atom is -0.497 e. The lowest BCUT2D eigenvalue weighted by atomic mass is 10.0. The molecular weight excluding hydrogens is 586 g/mol. The molecule has 0 saturated heterocycles. The standard InChI is InChI=1S/C36H31N3O5S/c1-43-29-19-28(20-30(22-29)44-2)37-34(40)23-45-31-16-9-15-27(21-31)38-36(42)33(39-35(41)25-11-4-3-5-12-25)18-26-14-8-13-24-10-6-7-17-32(24)26/h3-22H,23H2,1-2H3,(H,37,40)(H,38,42)(H,39,41)/b33-18+. The van der Waals surface area contributed by atoms with Gasteiger partial charge in [-0.05, 0) is 52.7 Å². The molecule has 0 aromatic heterocycles. The van der Waals surface area contributed by atoms with Crippen LogP contribution >= 0.6 is 11.8 Å². The Morgan fingerprint density at radius 1 is 0.711 bits per heavy atom. The number of rotatable bonds is 11. The van der Waals surface area contributed by atoms with Crippen molar-refractivity contribution in [2.45, 2.75) is 4.90 Å². The lowest BCUT2D eigenvalue weighted by molar-refractivity contribution is -0.114. The summed E-state index contributed by atoms with van der Waals surface area (Å²) < 4.78 is 10.5. The molecule has 5 aromatic rings. The minimum absolute atomic E-state index is 0.0892. The van der Waals surface area contributed by atoms with Gasteiger partial charge in [-0.25, -0.2) is 0 Å². The maximum absolute atomic E-state index is 13.6. The summed E-state index contributed by atoms with van der Waals surface area (Å²) in [6.07, 6.45) is 1.68. The Morgan fingerprint density at radius 2 is 1.40 bits per heavy atom. The van der Waals surface area contributed by atoms with Gasteiger partial charge in [-0.2, -0.15) is 0 Å². The highest BCUT2D eigenvalue weighted by Crippen LogP contribution is 2.27. The molecule has 0 heterocycles. The molecule has 0 fully saturated rings. The molecule has 0 aliphatic heterocycles. The summed E-state index contributed by atoms with van der Waals surface area (Å²) in [5.74, 6) is 0.161. The van der Waals surface area contributed by atoms with E-state index in [0.29, 0.717) is 28.4 Å². The van der Waals surface area contributed by atoms with Crippen LogP contribution in [0.5, 0.6) is 11.5 Å². The van der Waals surface area contributed by atoms with Gasteiger partial charge in [0.1, 0.15) is 17.2 Å². The average molecular weight is 618 g/mol. The Labute approximate surface area is 265 Å². The number of hydrogen-bond donors (Lipinski definition) is 3. The van der Waals surface area contributed by atoms with Gasteiger partial charge in [-0.1, -0.05) is 66.7 Å². The smallest absolute Gasteiger partial charge is 0.272 e. The highest BCUT2D eigenvalue weighted by molar-refractivity contribution is 8.00. The molecule has 0 aliphatic carbocycles. The van der Waals surface area contributed by atoms with Crippen molar-refractivity contribution in [1.29, 1.82) is 0 Å². The third kappa shape index (κ3) is 8.31. The van der Waals surface area contributed by atoms with Gasteiger partial charge in [-0.15, -0.1) is 11.8 Å². The largest absolute Gasteiger partial charge is 0.497 e. The number of hydrogen-bond acceptors (Lipinski definition) is 6.